The average Bonchev–Trinajstić information content (AvgIpc) is 2.88. The lowest BCUT2D eigenvalue weighted by atomic mass is 9.68. The second-order valence-corrected chi connectivity index (χ2v) is 10.0. The van der Waals surface area contributed by atoms with Gasteiger partial charge in [0.15, 0.2) is 0 Å². The Labute approximate surface area is 213 Å². The second-order valence-electron chi connectivity index (χ2n) is 10.0. The third-order valence-corrected chi connectivity index (χ3v) is 6.90. The third kappa shape index (κ3) is 7.21. The van der Waals surface area contributed by atoms with Crippen LogP contribution in [-0.4, -0.2) is 49.1 Å². The van der Waals surface area contributed by atoms with Gasteiger partial charge in [0.05, 0.1) is 12.7 Å². The molecule has 0 heterocycles. The minimum Gasteiger partial charge on any atom is -0.496 e. The van der Waals surface area contributed by atoms with Crippen molar-refractivity contribution in [1.82, 2.24) is 10.6 Å². The molecule has 1 unspecified atom stereocenters. The molecule has 5 N–H and O–H groups in total. The highest BCUT2D eigenvalue weighted by Gasteiger charge is 2.38. The van der Waals surface area contributed by atoms with Gasteiger partial charge in [0.2, 0.25) is 0 Å². The molecule has 1 saturated carbocycles. The molecule has 8 nitrogen and oxygen atoms in total. The number of aliphatic hydroxyl groups excluding tert-OH is 1. The lowest BCUT2D eigenvalue weighted by molar-refractivity contribution is 0.0354. The van der Waals surface area contributed by atoms with Crippen molar-refractivity contribution in [3.63, 3.8) is 0 Å². The van der Waals surface area contributed by atoms with Crippen LogP contribution in [0.4, 0.5) is 4.79 Å². The Hall–Kier alpha value is -3.10. The number of carbonyl (C=O) groups is 2. The van der Waals surface area contributed by atoms with Crippen LogP contribution in [0.5, 0.6) is 5.75 Å². The first-order valence-corrected chi connectivity index (χ1v) is 12.6. The van der Waals surface area contributed by atoms with Gasteiger partial charge in [-0.05, 0) is 55.7 Å². The van der Waals surface area contributed by atoms with Crippen molar-refractivity contribution < 1.29 is 24.2 Å². The number of para-hydroxylation sites is 1. The van der Waals surface area contributed by atoms with Gasteiger partial charge in [0.25, 0.3) is 5.91 Å². The van der Waals surface area contributed by atoms with Crippen molar-refractivity contribution in [1.29, 1.82) is 0 Å². The normalized spacial score (nSPS) is 21.3. The monoisotopic (exact) mass is 497 g/mol. The van der Waals surface area contributed by atoms with Gasteiger partial charge in [-0.25, -0.2) is 4.79 Å². The minimum atomic E-state index is -1.16. The van der Waals surface area contributed by atoms with Crippen molar-refractivity contribution in [2.75, 3.05) is 13.7 Å². The maximum atomic E-state index is 13.0. The van der Waals surface area contributed by atoms with Crippen LogP contribution in [0.25, 0.3) is 0 Å². The molecule has 3 rings (SSSR count). The zero-order chi connectivity index (χ0) is 26.1. The van der Waals surface area contributed by atoms with E-state index in [0.717, 1.165) is 18.4 Å². The van der Waals surface area contributed by atoms with Crippen LogP contribution in [0, 0.1) is 5.92 Å². The predicted octanol–water partition coefficient (Wildman–Crippen LogP) is 3.72. The highest BCUT2D eigenvalue weighted by Crippen LogP contribution is 2.40. The molecule has 2 aromatic rings. The van der Waals surface area contributed by atoms with Gasteiger partial charge in [0, 0.05) is 18.0 Å². The summed E-state index contributed by atoms with van der Waals surface area (Å²) in [4.78, 5) is 25.3. The van der Waals surface area contributed by atoms with E-state index in [1.165, 1.54) is 0 Å². The molecule has 2 atom stereocenters. The first-order valence-electron chi connectivity index (χ1n) is 12.6. The van der Waals surface area contributed by atoms with Crippen LogP contribution in [0.3, 0.4) is 0 Å². The lowest BCUT2D eigenvalue weighted by Crippen LogP contribution is -2.49. The Bertz CT molecular complexity index is 990. The van der Waals surface area contributed by atoms with Crippen LogP contribution in [-0.2, 0) is 10.2 Å². The number of hydrogen-bond acceptors (Lipinski definition) is 6. The van der Waals surface area contributed by atoms with Gasteiger partial charge in [-0.15, -0.1) is 0 Å². The maximum Gasteiger partial charge on any atom is 0.409 e. The van der Waals surface area contributed by atoms with E-state index in [4.69, 9.17) is 15.2 Å². The predicted molar refractivity (Wildman–Crippen MR) is 139 cm³/mol. The van der Waals surface area contributed by atoms with Gasteiger partial charge in [0.1, 0.15) is 18.1 Å². The van der Waals surface area contributed by atoms with E-state index < -0.39 is 18.4 Å². The summed E-state index contributed by atoms with van der Waals surface area (Å²) in [5.74, 6) is 0.648. The van der Waals surface area contributed by atoms with E-state index >= 15 is 0 Å². The molecule has 0 aromatic heterocycles. The van der Waals surface area contributed by atoms with E-state index in [-0.39, 0.29) is 17.4 Å². The third-order valence-electron chi connectivity index (χ3n) is 6.90. The minimum absolute atomic E-state index is 0.188. The van der Waals surface area contributed by atoms with Crippen LogP contribution in [0.15, 0.2) is 54.6 Å². The molecule has 196 valence electrons. The zero-order valence-corrected chi connectivity index (χ0v) is 21.4. The molecule has 2 amide bonds. The fourth-order valence-corrected chi connectivity index (χ4v) is 4.88. The number of methoxy groups -OCH3 is 1. The Balaban J connectivity index is 1.62. The number of aliphatic hydroxyl groups is 1. The number of benzene rings is 2. The average molecular weight is 498 g/mol. The molecule has 0 radical (unpaired) electrons. The van der Waals surface area contributed by atoms with Crippen LogP contribution in [0.1, 0.15) is 61.9 Å². The van der Waals surface area contributed by atoms with E-state index in [9.17, 15) is 14.7 Å². The van der Waals surface area contributed by atoms with E-state index in [1.807, 2.05) is 44.2 Å². The summed E-state index contributed by atoms with van der Waals surface area (Å²) in [5.41, 5.74) is 7.31. The Kier molecular flexibility index (Phi) is 9.73. The molecule has 1 fully saturated rings. The first kappa shape index (κ1) is 27.5. The summed E-state index contributed by atoms with van der Waals surface area (Å²) in [7, 11) is 1.55. The Morgan fingerprint density at radius 3 is 2.36 bits per heavy atom. The molecule has 8 heteroatoms. The number of ether oxygens (including phenoxy) is 2. The molecule has 0 spiro atoms. The van der Waals surface area contributed by atoms with Crippen LogP contribution in [0.2, 0.25) is 0 Å². The summed E-state index contributed by atoms with van der Waals surface area (Å²) in [5, 5.41) is 15.7. The SMILES string of the molecule is COc1ccccc1C(=O)NCC1(c2ccccc2)CCC(OC(=O)NC(O)[C@@H](N)CC(C)C)CC1. The summed E-state index contributed by atoms with van der Waals surface area (Å²) < 4.78 is 10.9. The van der Waals surface area contributed by atoms with E-state index in [0.29, 0.717) is 43.0 Å². The second kappa shape index (κ2) is 12.7. The molecule has 0 aliphatic heterocycles. The Morgan fingerprint density at radius 2 is 1.72 bits per heavy atom. The molecule has 2 aromatic carbocycles. The maximum absolute atomic E-state index is 13.0. The smallest absolute Gasteiger partial charge is 0.409 e. The number of carbonyl (C=O) groups excluding carboxylic acids is 2. The number of nitrogens with one attached hydrogen (secondary N) is 2. The zero-order valence-electron chi connectivity index (χ0n) is 21.4. The summed E-state index contributed by atoms with van der Waals surface area (Å²) in [6.07, 6.45) is 1.24. The number of hydrogen-bond donors (Lipinski definition) is 4. The van der Waals surface area contributed by atoms with Gasteiger partial charge < -0.3 is 25.6 Å². The van der Waals surface area contributed by atoms with Crippen LogP contribution < -0.4 is 21.1 Å². The number of nitrogens with two attached hydrogens (primary N) is 1. The van der Waals surface area contributed by atoms with Gasteiger partial charge in [-0.1, -0.05) is 56.3 Å². The van der Waals surface area contributed by atoms with Gasteiger partial charge in [-0.3, -0.25) is 10.1 Å². The van der Waals surface area contributed by atoms with Gasteiger partial charge >= 0.3 is 6.09 Å². The largest absolute Gasteiger partial charge is 0.496 e. The molecule has 1 aliphatic rings. The van der Waals surface area contributed by atoms with Crippen molar-refractivity contribution in [3.8, 4) is 5.75 Å². The lowest BCUT2D eigenvalue weighted by Gasteiger charge is -2.40. The summed E-state index contributed by atoms with van der Waals surface area (Å²) in [6.45, 7) is 4.46. The molecule has 1 aliphatic carbocycles. The fourth-order valence-electron chi connectivity index (χ4n) is 4.88. The molecule has 0 saturated heterocycles. The highest BCUT2D eigenvalue weighted by molar-refractivity contribution is 5.97. The Morgan fingerprint density at radius 1 is 1.08 bits per heavy atom. The summed E-state index contributed by atoms with van der Waals surface area (Å²) in [6, 6.07) is 16.7. The molecular formula is C28H39N3O5. The van der Waals surface area contributed by atoms with Crippen molar-refractivity contribution in [2.45, 2.75) is 69.7 Å². The highest BCUT2D eigenvalue weighted by atomic mass is 16.6. The number of alkyl carbamates (subject to hydrolysis) is 1. The topological polar surface area (TPSA) is 123 Å². The number of rotatable bonds is 10. The van der Waals surface area contributed by atoms with E-state index in [1.54, 1.807) is 19.2 Å². The van der Waals surface area contributed by atoms with E-state index in [2.05, 4.69) is 22.8 Å². The van der Waals surface area contributed by atoms with Gasteiger partial charge in [-0.2, -0.15) is 0 Å². The molecular weight excluding hydrogens is 458 g/mol. The summed E-state index contributed by atoms with van der Waals surface area (Å²) >= 11 is 0. The van der Waals surface area contributed by atoms with Crippen LogP contribution >= 0.6 is 0 Å². The van der Waals surface area contributed by atoms with Crippen molar-refractivity contribution in [2.24, 2.45) is 11.7 Å². The number of amides is 2. The molecule has 0 bridgehead atoms. The molecule has 36 heavy (non-hydrogen) atoms. The standard InChI is InChI=1S/C28H39N3O5/c1-19(2)17-23(29)26(33)31-27(34)36-21-13-15-28(16-14-21,20-9-5-4-6-10-20)18-30-25(32)22-11-7-8-12-24(22)35-3/h4-12,19,21,23,26,33H,13-18,29H2,1-3H3,(H,30,32)(H,31,34)/t21?,23-,26?,28?/m0/s1. The van der Waals surface area contributed by atoms with Crippen molar-refractivity contribution >= 4 is 12.0 Å². The fraction of sp³-hybridized carbons (Fsp3) is 0.500. The first-order chi connectivity index (χ1) is 17.2. The quantitative estimate of drug-likeness (QED) is 0.371. The van der Waals surface area contributed by atoms with Crippen molar-refractivity contribution in [3.05, 3.63) is 65.7 Å².